The van der Waals surface area contributed by atoms with Crippen LogP contribution in [-0.2, 0) is 21.3 Å². The molecular formula is C29H24N2O4S. The molecule has 6 nitrogen and oxygen atoms in total. The zero-order valence-electron chi connectivity index (χ0n) is 19.9. The predicted molar refractivity (Wildman–Crippen MR) is 141 cm³/mol. The summed E-state index contributed by atoms with van der Waals surface area (Å²) in [6.45, 7) is 3.89. The van der Waals surface area contributed by atoms with E-state index >= 15 is 0 Å². The van der Waals surface area contributed by atoms with Crippen molar-refractivity contribution in [1.82, 2.24) is 0 Å². The molecule has 0 saturated heterocycles. The Morgan fingerprint density at radius 1 is 0.972 bits per heavy atom. The van der Waals surface area contributed by atoms with E-state index in [0.717, 1.165) is 22.9 Å². The number of carbonyl (C=O) groups excluding carboxylic acids is 1. The highest BCUT2D eigenvalue weighted by Crippen LogP contribution is 2.32. The Morgan fingerprint density at radius 3 is 2.33 bits per heavy atom. The van der Waals surface area contributed by atoms with Crippen LogP contribution in [0.1, 0.15) is 23.6 Å². The van der Waals surface area contributed by atoms with Crippen LogP contribution in [0.25, 0.3) is 16.8 Å². The fourth-order valence-electron chi connectivity index (χ4n) is 3.68. The molecule has 0 aliphatic rings. The lowest BCUT2D eigenvalue weighted by Gasteiger charge is -2.13. The van der Waals surface area contributed by atoms with Crippen molar-refractivity contribution in [3.63, 3.8) is 0 Å². The number of nitrogens with one attached hydrogen (secondary N) is 1. The van der Waals surface area contributed by atoms with E-state index in [0.29, 0.717) is 16.6 Å². The van der Waals surface area contributed by atoms with E-state index in [-0.39, 0.29) is 16.2 Å². The van der Waals surface area contributed by atoms with Gasteiger partial charge in [-0.1, -0.05) is 67.1 Å². The summed E-state index contributed by atoms with van der Waals surface area (Å²) in [5.74, 6) is -0.593. The first-order valence-corrected chi connectivity index (χ1v) is 12.8. The summed E-state index contributed by atoms with van der Waals surface area (Å²) in [5.41, 5.74) is 2.71. The van der Waals surface area contributed by atoms with Gasteiger partial charge in [-0.25, -0.2) is 0 Å². The molecule has 0 aliphatic carbocycles. The number of rotatable bonds is 7. The topological polar surface area (TPSA) is 96.3 Å². The number of anilines is 1. The molecule has 4 rings (SSSR count). The van der Waals surface area contributed by atoms with Gasteiger partial charge in [0.2, 0.25) is 0 Å². The Morgan fingerprint density at radius 2 is 1.67 bits per heavy atom. The summed E-state index contributed by atoms with van der Waals surface area (Å²) < 4.78 is 31.5. The molecule has 0 heterocycles. The van der Waals surface area contributed by atoms with Gasteiger partial charge < -0.3 is 9.50 Å². The average molecular weight is 497 g/mol. The second-order valence-electron chi connectivity index (χ2n) is 8.22. The quantitative estimate of drug-likeness (QED) is 0.192. The van der Waals surface area contributed by atoms with Crippen LogP contribution >= 0.6 is 0 Å². The number of carbonyl (C=O) groups is 1. The van der Waals surface area contributed by atoms with Gasteiger partial charge in [0, 0.05) is 11.3 Å². The van der Waals surface area contributed by atoms with E-state index in [4.69, 9.17) is 4.18 Å². The highest BCUT2D eigenvalue weighted by Gasteiger charge is 2.20. The molecular weight excluding hydrogens is 472 g/mol. The third kappa shape index (κ3) is 5.45. The SMILES string of the molecule is CCc1ccc(NC(=O)/C(C#N)=C/c2c(OS(=O)(=O)c3ccc(C)cc3)ccc3ccccc23)cc1. The first-order chi connectivity index (χ1) is 17.3. The summed E-state index contributed by atoms with van der Waals surface area (Å²) in [4.78, 5) is 12.9. The van der Waals surface area contributed by atoms with Gasteiger partial charge >= 0.3 is 10.1 Å². The highest BCUT2D eigenvalue weighted by atomic mass is 32.2. The third-order valence-corrected chi connectivity index (χ3v) is 6.96. The maximum Gasteiger partial charge on any atom is 0.339 e. The first-order valence-electron chi connectivity index (χ1n) is 11.4. The molecule has 1 N–H and O–H groups in total. The van der Waals surface area contributed by atoms with Gasteiger partial charge in [-0.05, 0) is 66.1 Å². The van der Waals surface area contributed by atoms with Gasteiger partial charge in [-0.2, -0.15) is 13.7 Å². The third-order valence-electron chi connectivity index (χ3n) is 5.71. The Bertz CT molecular complexity index is 1600. The summed E-state index contributed by atoms with van der Waals surface area (Å²) in [5, 5.41) is 13.9. The van der Waals surface area contributed by atoms with Crippen LogP contribution in [0.2, 0.25) is 0 Å². The van der Waals surface area contributed by atoms with Crippen LogP contribution in [-0.4, -0.2) is 14.3 Å². The Balaban J connectivity index is 1.75. The lowest BCUT2D eigenvalue weighted by molar-refractivity contribution is -0.112. The standard InChI is InChI=1S/C29H24N2O4S/c1-3-21-10-13-24(14-11-21)31-29(32)23(19-30)18-27-26-7-5-4-6-22(26)12-17-28(27)35-36(33,34)25-15-8-20(2)9-16-25/h4-18H,3H2,1-2H3,(H,31,32)/b23-18+. The van der Waals surface area contributed by atoms with Crippen LogP contribution in [0.3, 0.4) is 0 Å². The molecule has 0 saturated carbocycles. The van der Waals surface area contributed by atoms with Gasteiger partial charge in [0.1, 0.15) is 16.5 Å². The summed E-state index contributed by atoms with van der Waals surface area (Å²) in [7, 11) is -4.15. The van der Waals surface area contributed by atoms with Gasteiger partial charge in [0.25, 0.3) is 5.91 Å². The smallest absolute Gasteiger partial charge is 0.339 e. The Kier molecular flexibility index (Phi) is 7.18. The van der Waals surface area contributed by atoms with Crippen LogP contribution < -0.4 is 9.50 Å². The fourth-order valence-corrected chi connectivity index (χ4v) is 4.63. The number of amides is 1. The van der Waals surface area contributed by atoms with Gasteiger partial charge in [-0.15, -0.1) is 0 Å². The predicted octanol–water partition coefficient (Wildman–Crippen LogP) is 6.02. The molecule has 180 valence electrons. The highest BCUT2D eigenvalue weighted by molar-refractivity contribution is 7.87. The monoisotopic (exact) mass is 496 g/mol. The summed E-state index contributed by atoms with van der Waals surface area (Å²) in [6, 6.07) is 26.1. The van der Waals surface area contributed by atoms with E-state index in [2.05, 4.69) is 5.32 Å². The molecule has 1 amide bonds. The van der Waals surface area contributed by atoms with Gasteiger partial charge in [-0.3, -0.25) is 4.79 Å². The molecule has 0 aliphatic heterocycles. The normalized spacial score (nSPS) is 11.6. The zero-order valence-corrected chi connectivity index (χ0v) is 20.7. The van der Waals surface area contributed by atoms with Crippen LogP contribution in [0.4, 0.5) is 5.69 Å². The minimum Gasteiger partial charge on any atom is -0.378 e. The largest absolute Gasteiger partial charge is 0.378 e. The van der Waals surface area contributed by atoms with Crippen molar-refractivity contribution in [1.29, 1.82) is 5.26 Å². The lowest BCUT2D eigenvalue weighted by atomic mass is 10.0. The molecule has 4 aromatic carbocycles. The maximum atomic E-state index is 13.0. The van der Waals surface area contributed by atoms with Crippen molar-refractivity contribution in [3.05, 3.63) is 107 Å². The van der Waals surface area contributed by atoms with E-state index in [1.165, 1.54) is 24.3 Å². The first kappa shape index (κ1) is 24.7. The van der Waals surface area contributed by atoms with E-state index in [1.807, 2.05) is 44.2 Å². The fraction of sp³-hybridized carbons (Fsp3) is 0.103. The van der Waals surface area contributed by atoms with Crippen molar-refractivity contribution in [3.8, 4) is 11.8 Å². The van der Waals surface area contributed by atoms with Crippen LogP contribution in [0.15, 0.2) is 95.4 Å². The number of hydrogen-bond donors (Lipinski definition) is 1. The summed E-state index contributed by atoms with van der Waals surface area (Å²) >= 11 is 0. The minimum absolute atomic E-state index is 0.00460. The molecule has 0 spiro atoms. The van der Waals surface area contributed by atoms with Crippen LogP contribution in [0, 0.1) is 18.3 Å². The van der Waals surface area contributed by atoms with Gasteiger partial charge in [0.05, 0.1) is 0 Å². The minimum atomic E-state index is -4.15. The molecule has 0 unspecified atom stereocenters. The number of nitrogens with zero attached hydrogens (tertiary/aromatic N) is 1. The molecule has 36 heavy (non-hydrogen) atoms. The number of benzene rings is 4. The van der Waals surface area contributed by atoms with Crippen molar-refractivity contribution >= 4 is 38.6 Å². The number of fused-ring (bicyclic) bond motifs is 1. The molecule has 0 atom stereocenters. The second-order valence-corrected chi connectivity index (χ2v) is 9.77. The van der Waals surface area contributed by atoms with Crippen LogP contribution in [0.5, 0.6) is 5.75 Å². The Hall–Kier alpha value is -4.41. The molecule has 7 heteroatoms. The molecule has 0 fully saturated rings. The van der Waals surface area contributed by atoms with E-state index < -0.39 is 16.0 Å². The maximum absolute atomic E-state index is 13.0. The second kappa shape index (κ2) is 10.5. The van der Waals surface area contributed by atoms with Crippen molar-refractivity contribution in [2.24, 2.45) is 0 Å². The lowest BCUT2D eigenvalue weighted by Crippen LogP contribution is -2.14. The molecule has 0 radical (unpaired) electrons. The number of hydrogen-bond acceptors (Lipinski definition) is 5. The summed E-state index contributed by atoms with van der Waals surface area (Å²) in [6.07, 6.45) is 2.23. The van der Waals surface area contributed by atoms with E-state index in [1.54, 1.807) is 42.5 Å². The number of nitriles is 1. The Labute approximate surface area is 210 Å². The van der Waals surface area contributed by atoms with Crippen molar-refractivity contribution in [2.45, 2.75) is 25.2 Å². The van der Waals surface area contributed by atoms with Gasteiger partial charge in [0.15, 0.2) is 5.75 Å². The van der Waals surface area contributed by atoms with Crippen molar-refractivity contribution in [2.75, 3.05) is 5.32 Å². The molecule has 0 bridgehead atoms. The average Bonchev–Trinajstić information content (AvgIpc) is 2.88. The zero-order chi connectivity index (χ0) is 25.7. The van der Waals surface area contributed by atoms with Crippen molar-refractivity contribution < 1.29 is 17.4 Å². The molecule has 4 aromatic rings. The number of aryl methyl sites for hydroxylation is 2. The van der Waals surface area contributed by atoms with E-state index in [9.17, 15) is 18.5 Å². The molecule has 0 aromatic heterocycles.